The average molecular weight is 418 g/mol. The molecule has 1 N–H and O–H groups in total. The highest BCUT2D eigenvalue weighted by Gasteiger charge is 2.34. The first-order chi connectivity index (χ1) is 15.0. The van der Waals surface area contributed by atoms with Gasteiger partial charge < -0.3 is 10.2 Å². The van der Waals surface area contributed by atoms with Crippen molar-refractivity contribution in [3.05, 3.63) is 60.2 Å². The Labute approximate surface area is 181 Å². The van der Waals surface area contributed by atoms with Crippen LogP contribution in [0, 0.1) is 0 Å². The summed E-state index contributed by atoms with van der Waals surface area (Å²) in [4.78, 5) is 39.0. The smallest absolute Gasteiger partial charge is 0.267 e. The number of rotatable bonds is 7. The zero-order valence-electron chi connectivity index (χ0n) is 17.6. The predicted molar refractivity (Wildman–Crippen MR) is 120 cm³/mol. The van der Waals surface area contributed by atoms with Gasteiger partial charge in [-0.1, -0.05) is 36.4 Å². The average Bonchev–Trinajstić information content (AvgIpc) is 3.42. The molecule has 2 amide bonds. The molecule has 7 heteroatoms. The number of amides is 2. The topological polar surface area (TPSA) is 82.1 Å². The second kappa shape index (κ2) is 9.12. The van der Waals surface area contributed by atoms with Gasteiger partial charge >= 0.3 is 0 Å². The molecule has 7 nitrogen and oxygen atoms in total. The lowest BCUT2D eigenvalue weighted by Crippen LogP contribution is -2.35. The fourth-order valence-electron chi connectivity index (χ4n) is 4.06. The van der Waals surface area contributed by atoms with Crippen molar-refractivity contribution in [1.29, 1.82) is 0 Å². The molecule has 2 aliphatic heterocycles. The summed E-state index contributed by atoms with van der Waals surface area (Å²) in [6, 6.07) is 16.9. The van der Waals surface area contributed by atoms with Gasteiger partial charge in [-0.2, -0.15) is 5.10 Å². The standard InChI is InChI=1S/C24H26N4O3/c1-17(29)22-16-20(26-28(22)19-9-3-2-4-10-19)24(31)25-14-7-12-23(30)27-15-13-18-8-5-6-11-21(18)27/h2-6,8-11,22H,7,12-16H2,1H3,(H,25,31). The number of hydrogen-bond acceptors (Lipinski definition) is 5. The molecule has 0 spiro atoms. The number of carbonyl (C=O) groups excluding carboxylic acids is 3. The zero-order valence-corrected chi connectivity index (χ0v) is 17.6. The van der Waals surface area contributed by atoms with E-state index in [1.165, 1.54) is 12.5 Å². The number of benzene rings is 2. The van der Waals surface area contributed by atoms with Crippen LogP contribution in [0.3, 0.4) is 0 Å². The Bertz CT molecular complexity index is 1020. The van der Waals surface area contributed by atoms with Crippen LogP contribution in [0.2, 0.25) is 0 Å². The van der Waals surface area contributed by atoms with E-state index in [-0.39, 0.29) is 24.0 Å². The molecular formula is C24H26N4O3. The van der Waals surface area contributed by atoms with Gasteiger partial charge in [-0.25, -0.2) is 0 Å². The Morgan fingerprint density at radius 1 is 1.06 bits per heavy atom. The first kappa shape index (κ1) is 20.8. The first-order valence-electron chi connectivity index (χ1n) is 10.6. The lowest BCUT2D eigenvalue weighted by molar-refractivity contribution is -0.119. The van der Waals surface area contributed by atoms with Crippen LogP contribution in [0.4, 0.5) is 11.4 Å². The fraction of sp³-hybridized carbons (Fsp3) is 0.333. The van der Waals surface area contributed by atoms with Crippen molar-refractivity contribution >= 4 is 34.7 Å². The Kier molecular flexibility index (Phi) is 6.11. The minimum atomic E-state index is -0.472. The van der Waals surface area contributed by atoms with Gasteiger partial charge in [0.2, 0.25) is 5.91 Å². The molecule has 0 bridgehead atoms. The molecule has 1 atom stereocenters. The maximum atomic E-state index is 12.6. The van der Waals surface area contributed by atoms with Crippen LogP contribution in [0.1, 0.15) is 31.7 Å². The van der Waals surface area contributed by atoms with Crippen LogP contribution in [0.15, 0.2) is 59.7 Å². The molecule has 31 heavy (non-hydrogen) atoms. The van der Waals surface area contributed by atoms with Gasteiger partial charge in [0.15, 0.2) is 5.78 Å². The van der Waals surface area contributed by atoms with Gasteiger partial charge in [-0.3, -0.25) is 19.4 Å². The number of hydrazone groups is 1. The van der Waals surface area contributed by atoms with Gasteiger partial charge in [0, 0.05) is 31.6 Å². The maximum absolute atomic E-state index is 12.6. The molecule has 2 aromatic carbocycles. The van der Waals surface area contributed by atoms with E-state index in [4.69, 9.17) is 0 Å². The Hall–Kier alpha value is -3.48. The lowest BCUT2D eigenvalue weighted by atomic mass is 10.1. The van der Waals surface area contributed by atoms with Crippen LogP contribution in [-0.4, -0.2) is 42.4 Å². The molecular weight excluding hydrogens is 392 g/mol. The van der Waals surface area contributed by atoms with Crippen molar-refractivity contribution < 1.29 is 14.4 Å². The van der Waals surface area contributed by atoms with E-state index in [1.54, 1.807) is 5.01 Å². The molecule has 0 saturated carbocycles. The van der Waals surface area contributed by atoms with Gasteiger partial charge in [0.1, 0.15) is 11.8 Å². The third-order valence-electron chi connectivity index (χ3n) is 5.70. The molecule has 0 radical (unpaired) electrons. The van der Waals surface area contributed by atoms with Crippen LogP contribution in [-0.2, 0) is 20.8 Å². The molecule has 0 saturated heterocycles. The van der Waals surface area contributed by atoms with Crippen LogP contribution < -0.4 is 15.2 Å². The third-order valence-corrected chi connectivity index (χ3v) is 5.70. The van der Waals surface area contributed by atoms with Crippen molar-refractivity contribution in [2.45, 2.75) is 38.6 Å². The van der Waals surface area contributed by atoms with Crippen molar-refractivity contribution in [2.24, 2.45) is 5.10 Å². The molecule has 0 fully saturated rings. The summed E-state index contributed by atoms with van der Waals surface area (Å²) >= 11 is 0. The molecule has 0 aromatic heterocycles. The summed E-state index contributed by atoms with van der Waals surface area (Å²) in [5.41, 5.74) is 3.31. The summed E-state index contributed by atoms with van der Waals surface area (Å²) in [5, 5.41) is 8.86. The lowest BCUT2D eigenvalue weighted by Gasteiger charge is -2.20. The fourth-order valence-corrected chi connectivity index (χ4v) is 4.06. The van der Waals surface area contributed by atoms with Gasteiger partial charge in [0.05, 0.1) is 5.69 Å². The quantitative estimate of drug-likeness (QED) is 0.701. The van der Waals surface area contributed by atoms with E-state index in [0.29, 0.717) is 31.6 Å². The number of nitrogens with one attached hydrogen (secondary N) is 1. The minimum absolute atomic E-state index is 0.0353. The Balaban J connectivity index is 1.29. The maximum Gasteiger partial charge on any atom is 0.267 e. The van der Waals surface area contributed by atoms with E-state index in [2.05, 4.69) is 16.5 Å². The predicted octanol–water partition coefficient (Wildman–Crippen LogP) is 2.70. The third kappa shape index (κ3) is 4.50. The number of hydrogen-bond donors (Lipinski definition) is 1. The number of carbonyl (C=O) groups is 3. The molecule has 4 rings (SSSR count). The van der Waals surface area contributed by atoms with Gasteiger partial charge in [-0.05, 0) is 43.5 Å². The minimum Gasteiger partial charge on any atom is -0.351 e. The van der Waals surface area contributed by atoms with Gasteiger partial charge in [-0.15, -0.1) is 0 Å². The number of anilines is 2. The summed E-state index contributed by atoms with van der Waals surface area (Å²) < 4.78 is 0. The van der Waals surface area contributed by atoms with Crippen molar-refractivity contribution in [2.75, 3.05) is 23.0 Å². The van der Waals surface area contributed by atoms with Crippen LogP contribution in [0.25, 0.3) is 0 Å². The van der Waals surface area contributed by atoms with Crippen molar-refractivity contribution in [3.63, 3.8) is 0 Å². The molecule has 2 heterocycles. The van der Waals surface area contributed by atoms with Crippen LogP contribution in [0.5, 0.6) is 0 Å². The summed E-state index contributed by atoms with van der Waals surface area (Å²) in [6.07, 6.45) is 2.08. The van der Waals surface area contributed by atoms with Crippen molar-refractivity contribution in [3.8, 4) is 0 Å². The SMILES string of the molecule is CC(=O)C1CC(C(=O)NCCCC(=O)N2CCc3ccccc32)=NN1c1ccccc1. The molecule has 0 aliphatic carbocycles. The monoisotopic (exact) mass is 418 g/mol. The summed E-state index contributed by atoms with van der Waals surface area (Å²) in [6.45, 7) is 2.61. The number of nitrogens with zero attached hydrogens (tertiary/aromatic N) is 3. The number of Topliss-reactive ketones (excluding diaryl/α,β-unsaturated/α-hetero) is 1. The molecule has 2 aromatic rings. The highest BCUT2D eigenvalue weighted by Crippen LogP contribution is 2.28. The highest BCUT2D eigenvalue weighted by molar-refractivity contribution is 6.40. The zero-order chi connectivity index (χ0) is 21.8. The van der Waals surface area contributed by atoms with Crippen LogP contribution >= 0.6 is 0 Å². The summed E-state index contributed by atoms with van der Waals surface area (Å²) in [7, 11) is 0. The number of para-hydroxylation sites is 2. The van der Waals surface area contributed by atoms with E-state index >= 15 is 0 Å². The van der Waals surface area contributed by atoms with E-state index in [0.717, 1.165) is 17.8 Å². The molecule has 2 aliphatic rings. The van der Waals surface area contributed by atoms with E-state index < -0.39 is 6.04 Å². The van der Waals surface area contributed by atoms with Crippen molar-refractivity contribution in [1.82, 2.24) is 5.32 Å². The number of fused-ring (bicyclic) bond motifs is 1. The second-order valence-electron chi connectivity index (χ2n) is 7.84. The number of ketones is 1. The Morgan fingerprint density at radius 2 is 1.81 bits per heavy atom. The Morgan fingerprint density at radius 3 is 2.58 bits per heavy atom. The normalized spacial score (nSPS) is 17.3. The van der Waals surface area contributed by atoms with E-state index in [9.17, 15) is 14.4 Å². The second-order valence-corrected chi connectivity index (χ2v) is 7.84. The summed E-state index contributed by atoms with van der Waals surface area (Å²) in [5.74, 6) is -0.250. The molecule has 1 unspecified atom stereocenters. The van der Waals surface area contributed by atoms with Gasteiger partial charge in [0.25, 0.3) is 5.91 Å². The molecule has 160 valence electrons. The highest BCUT2D eigenvalue weighted by atomic mass is 16.2. The largest absolute Gasteiger partial charge is 0.351 e. The van der Waals surface area contributed by atoms with E-state index in [1.807, 2.05) is 53.4 Å². The first-order valence-corrected chi connectivity index (χ1v) is 10.6.